The van der Waals surface area contributed by atoms with E-state index in [0.717, 1.165) is 6.07 Å². The molecule has 1 aromatic rings. The Morgan fingerprint density at radius 1 is 1.39 bits per heavy atom. The van der Waals surface area contributed by atoms with Gasteiger partial charge in [-0.05, 0) is 12.3 Å². The van der Waals surface area contributed by atoms with Crippen molar-refractivity contribution < 1.29 is 14.5 Å². The highest BCUT2D eigenvalue weighted by Gasteiger charge is 2.11. The van der Waals surface area contributed by atoms with Crippen molar-refractivity contribution in [2.75, 3.05) is 12.0 Å². The SMILES string of the molecule is CSCC(=O)NNC(=O)c1cccc([N+](=O)[O-])c1. The topological polar surface area (TPSA) is 101 Å². The molecule has 0 fully saturated rings. The van der Waals surface area contributed by atoms with Crippen molar-refractivity contribution in [1.29, 1.82) is 0 Å². The molecule has 2 amide bonds. The van der Waals surface area contributed by atoms with E-state index in [1.807, 2.05) is 0 Å². The number of non-ortho nitro benzene ring substituents is 1. The highest BCUT2D eigenvalue weighted by Crippen LogP contribution is 2.12. The molecule has 8 heteroatoms. The van der Waals surface area contributed by atoms with E-state index in [4.69, 9.17) is 0 Å². The fourth-order valence-electron chi connectivity index (χ4n) is 1.13. The Balaban J connectivity index is 2.64. The minimum Gasteiger partial charge on any atom is -0.272 e. The van der Waals surface area contributed by atoms with Gasteiger partial charge in [0, 0.05) is 17.7 Å². The van der Waals surface area contributed by atoms with Gasteiger partial charge in [-0.15, -0.1) is 0 Å². The van der Waals surface area contributed by atoms with E-state index in [2.05, 4.69) is 10.9 Å². The third kappa shape index (κ3) is 4.06. The average molecular weight is 269 g/mol. The highest BCUT2D eigenvalue weighted by molar-refractivity contribution is 7.99. The van der Waals surface area contributed by atoms with E-state index in [9.17, 15) is 19.7 Å². The molecule has 0 atom stereocenters. The lowest BCUT2D eigenvalue weighted by atomic mass is 10.2. The summed E-state index contributed by atoms with van der Waals surface area (Å²) < 4.78 is 0. The van der Waals surface area contributed by atoms with Crippen molar-refractivity contribution in [3.63, 3.8) is 0 Å². The molecule has 1 rings (SSSR count). The number of hydrazine groups is 1. The number of carbonyl (C=O) groups is 2. The Bertz CT molecular complexity index is 478. The van der Waals surface area contributed by atoms with E-state index in [1.165, 1.54) is 30.0 Å². The lowest BCUT2D eigenvalue weighted by Gasteiger charge is -2.06. The Hall–Kier alpha value is -2.09. The van der Waals surface area contributed by atoms with Crippen LogP contribution in [0.4, 0.5) is 5.69 Å². The number of nitro groups is 1. The molecule has 0 aliphatic heterocycles. The number of hydrogen-bond acceptors (Lipinski definition) is 5. The van der Waals surface area contributed by atoms with Crippen molar-refractivity contribution in [2.24, 2.45) is 0 Å². The van der Waals surface area contributed by atoms with Gasteiger partial charge in [0.05, 0.1) is 10.7 Å². The number of hydrogen-bond donors (Lipinski definition) is 2. The summed E-state index contributed by atoms with van der Waals surface area (Å²) in [6.45, 7) is 0. The van der Waals surface area contributed by atoms with E-state index in [1.54, 1.807) is 6.26 Å². The molecule has 1 aromatic carbocycles. The first-order valence-electron chi connectivity index (χ1n) is 4.87. The Morgan fingerprint density at radius 3 is 2.72 bits per heavy atom. The minimum absolute atomic E-state index is 0.105. The molecule has 0 saturated carbocycles. The van der Waals surface area contributed by atoms with E-state index in [-0.39, 0.29) is 22.9 Å². The second-order valence-corrected chi connectivity index (χ2v) is 4.11. The van der Waals surface area contributed by atoms with Crippen molar-refractivity contribution in [3.05, 3.63) is 39.9 Å². The van der Waals surface area contributed by atoms with Crippen molar-refractivity contribution in [3.8, 4) is 0 Å². The molecule has 7 nitrogen and oxygen atoms in total. The quantitative estimate of drug-likeness (QED) is 0.619. The monoisotopic (exact) mass is 269 g/mol. The lowest BCUT2D eigenvalue weighted by Crippen LogP contribution is -2.42. The summed E-state index contributed by atoms with van der Waals surface area (Å²) in [6.07, 6.45) is 1.75. The Morgan fingerprint density at radius 2 is 2.11 bits per heavy atom. The number of benzene rings is 1. The van der Waals surface area contributed by atoms with Crippen LogP contribution in [0, 0.1) is 10.1 Å². The normalized spacial score (nSPS) is 9.61. The number of thioether (sulfide) groups is 1. The van der Waals surface area contributed by atoms with Gasteiger partial charge in [-0.2, -0.15) is 11.8 Å². The Labute approximate surface area is 107 Å². The molecule has 0 bridgehead atoms. The molecule has 0 aromatic heterocycles. The van der Waals surface area contributed by atoms with Crippen molar-refractivity contribution in [1.82, 2.24) is 10.9 Å². The van der Waals surface area contributed by atoms with Crippen LogP contribution >= 0.6 is 11.8 Å². The third-order valence-electron chi connectivity index (χ3n) is 1.91. The van der Waals surface area contributed by atoms with E-state index < -0.39 is 10.8 Å². The van der Waals surface area contributed by atoms with Crippen molar-refractivity contribution >= 4 is 29.3 Å². The highest BCUT2D eigenvalue weighted by atomic mass is 32.2. The van der Waals surface area contributed by atoms with Crippen LogP contribution in [-0.2, 0) is 4.79 Å². The maximum absolute atomic E-state index is 11.6. The first-order valence-corrected chi connectivity index (χ1v) is 6.26. The molecule has 0 aliphatic carbocycles. The van der Waals surface area contributed by atoms with Gasteiger partial charge < -0.3 is 0 Å². The molecule has 0 radical (unpaired) electrons. The summed E-state index contributed by atoms with van der Waals surface area (Å²) in [5.74, 6) is -0.732. The summed E-state index contributed by atoms with van der Waals surface area (Å²) in [6, 6.07) is 5.24. The fourth-order valence-corrected chi connectivity index (χ4v) is 1.46. The molecular weight excluding hydrogens is 258 g/mol. The zero-order valence-electron chi connectivity index (χ0n) is 9.50. The molecule has 0 aliphatic rings. The number of nitrogens with zero attached hydrogens (tertiary/aromatic N) is 1. The molecular formula is C10H11N3O4S. The fraction of sp³-hybridized carbons (Fsp3) is 0.200. The second kappa shape index (κ2) is 6.60. The second-order valence-electron chi connectivity index (χ2n) is 3.24. The van der Waals surface area contributed by atoms with Crippen LogP contribution in [0.1, 0.15) is 10.4 Å². The summed E-state index contributed by atoms with van der Waals surface area (Å²) in [5.41, 5.74) is 4.30. The summed E-state index contributed by atoms with van der Waals surface area (Å²) in [5, 5.41) is 10.5. The number of amides is 2. The van der Waals surface area contributed by atoms with Gasteiger partial charge in [-0.25, -0.2) is 0 Å². The zero-order chi connectivity index (χ0) is 13.5. The van der Waals surface area contributed by atoms with E-state index in [0.29, 0.717) is 0 Å². The van der Waals surface area contributed by atoms with Gasteiger partial charge in [0.2, 0.25) is 5.91 Å². The average Bonchev–Trinajstić information content (AvgIpc) is 2.36. The maximum atomic E-state index is 11.6. The predicted molar refractivity (Wildman–Crippen MR) is 67.1 cm³/mol. The summed E-state index contributed by atoms with van der Waals surface area (Å²) in [4.78, 5) is 32.6. The molecule has 0 unspecified atom stereocenters. The first-order chi connectivity index (χ1) is 8.54. The minimum atomic E-state index is -0.604. The molecule has 0 saturated heterocycles. The zero-order valence-corrected chi connectivity index (χ0v) is 10.3. The van der Waals surface area contributed by atoms with Crippen LogP contribution in [0.2, 0.25) is 0 Å². The molecule has 18 heavy (non-hydrogen) atoms. The van der Waals surface area contributed by atoms with Crippen LogP contribution in [0.3, 0.4) is 0 Å². The molecule has 96 valence electrons. The third-order valence-corrected chi connectivity index (χ3v) is 2.46. The predicted octanol–water partition coefficient (Wildman–Crippen LogP) is 0.719. The largest absolute Gasteiger partial charge is 0.272 e. The summed E-state index contributed by atoms with van der Waals surface area (Å²) in [7, 11) is 0. The molecule has 0 heterocycles. The summed E-state index contributed by atoms with van der Waals surface area (Å²) >= 11 is 1.31. The van der Waals surface area contributed by atoms with Gasteiger partial charge in [-0.1, -0.05) is 6.07 Å². The van der Waals surface area contributed by atoms with Crippen LogP contribution < -0.4 is 10.9 Å². The van der Waals surface area contributed by atoms with Crippen LogP contribution in [0.15, 0.2) is 24.3 Å². The van der Waals surface area contributed by atoms with Gasteiger partial charge in [0.15, 0.2) is 0 Å². The Kier molecular flexibility index (Phi) is 5.12. The molecule has 0 spiro atoms. The van der Waals surface area contributed by atoms with Gasteiger partial charge in [0.25, 0.3) is 11.6 Å². The van der Waals surface area contributed by atoms with E-state index >= 15 is 0 Å². The van der Waals surface area contributed by atoms with Crippen LogP contribution in [0.5, 0.6) is 0 Å². The van der Waals surface area contributed by atoms with Crippen LogP contribution in [-0.4, -0.2) is 28.7 Å². The van der Waals surface area contributed by atoms with Gasteiger partial charge in [0.1, 0.15) is 0 Å². The number of rotatable bonds is 4. The maximum Gasteiger partial charge on any atom is 0.270 e. The van der Waals surface area contributed by atoms with Gasteiger partial charge in [-0.3, -0.25) is 30.6 Å². The molecule has 2 N–H and O–H groups in total. The smallest absolute Gasteiger partial charge is 0.270 e. The first kappa shape index (κ1) is 14.0. The van der Waals surface area contributed by atoms with Crippen molar-refractivity contribution in [2.45, 2.75) is 0 Å². The number of nitro benzene ring substituents is 1. The van der Waals surface area contributed by atoms with Crippen LogP contribution in [0.25, 0.3) is 0 Å². The number of carbonyl (C=O) groups excluding carboxylic acids is 2. The van der Waals surface area contributed by atoms with Gasteiger partial charge >= 0.3 is 0 Å². The standard InChI is InChI=1S/C10H11N3O4S/c1-18-6-9(14)11-12-10(15)7-3-2-4-8(5-7)13(16)17/h2-5H,6H2,1H3,(H,11,14)(H,12,15). The lowest BCUT2D eigenvalue weighted by molar-refractivity contribution is -0.384. The number of nitrogens with one attached hydrogen (secondary N) is 2.